The van der Waals surface area contributed by atoms with Crippen molar-refractivity contribution in [2.45, 2.75) is 46.0 Å². The summed E-state index contributed by atoms with van der Waals surface area (Å²) < 4.78 is 0. The van der Waals surface area contributed by atoms with E-state index in [1.54, 1.807) is 0 Å². The van der Waals surface area contributed by atoms with Crippen molar-refractivity contribution in [2.75, 3.05) is 0 Å². The maximum absolute atomic E-state index is 4.55. The van der Waals surface area contributed by atoms with Crippen LogP contribution < -0.4 is 0 Å². The predicted molar refractivity (Wildman–Crippen MR) is 74.5 cm³/mol. The molecule has 1 heterocycles. The number of pyridine rings is 1. The zero-order valence-corrected chi connectivity index (χ0v) is 11.4. The Hall–Kier alpha value is -1.37. The van der Waals surface area contributed by atoms with Crippen molar-refractivity contribution in [1.29, 1.82) is 0 Å². The van der Waals surface area contributed by atoms with Gasteiger partial charge in [0.1, 0.15) is 0 Å². The standard InChI is InChI=1S/C16H21N/c1-11(2)12-6-7-13-10-17-15(16(3,4)5)9-14(13)8-12/h6-11H,1-5H3. The van der Waals surface area contributed by atoms with Gasteiger partial charge < -0.3 is 0 Å². The molecule has 0 unspecified atom stereocenters. The van der Waals surface area contributed by atoms with Gasteiger partial charge in [0.25, 0.3) is 0 Å². The van der Waals surface area contributed by atoms with Crippen molar-refractivity contribution in [3.8, 4) is 0 Å². The lowest BCUT2D eigenvalue weighted by Crippen LogP contribution is -2.13. The Kier molecular flexibility index (Phi) is 2.94. The fraction of sp³-hybridized carbons (Fsp3) is 0.438. The molecule has 0 saturated carbocycles. The Labute approximate surface area is 104 Å². The van der Waals surface area contributed by atoms with Gasteiger partial charge in [0.05, 0.1) is 0 Å². The molecule has 1 nitrogen and oxygen atoms in total. The number of fused-ring (bicyclic) bond motifs is 1. The predicted octanol–water partition coefficient (Wildman–Crippen LogP) is 4.66. The highest BCUT2D eigenvalue weighted by Crippen LogP contribution is 2.26. The van der Waals surface area contributed by atoms with Crippen LogP contribution in [0.25, 0.3) is 10.8 Å². The molecule has 0 aliphatic carbocycles. The Morgan fingerprint density at radius 2 is 1.71 bits per heavy atom. The van der Waals surface area contributed by atoms with Gasteiger partial charge in [-0.25, -0.2) is 0 Å². The molecular formula is C16H21N. The van der Waals surface area contributed by atoms with E-state index in [4.69, 9.17) is 0 Å². The van der Waals surface area contributed by atoms with Gasteiger partial charge in [-0.15, -0.1) is 0 Å². The fourth-order valence-electron chi connectivity index (χ4n) is 1.93. The second kappa shape index (κ2) is 4.14. The van der Waals surface area contributed by atoms with Crippen molar-refractivity contribution in [3.05, 3.63) is 41.7 Å². The summed E-state index contributed by atoms with van der Waals surface area (Å²) in [5.41, 5.74) is 2.66. The lowest BCUT2D eigenvalue weighted by Gasteiger charge is -2.18. The molecule has 0 amide bonds. The van der Waals surface area contributed by atoms with Crippen molar-refractivity contribution in [3.63, 3.8) is 0 Å². The lowest BCUT2D eigenvalue weighted by molar-refractivity contribution is 0.570. The Balaban J connectivity index is 2.59. The third-order valence-electron chi connectivity index (χ3n) is 3.18. The van der Waals surface area contributed by atoms with Crippen molar-refractivity contribution < 1.29 is 0 Å². The molecule has 0 bridgehead atoms. The molecule has 0 fully saturated rings. The van der Waals surface area contributed by atoms with Crippen LogP contribution in [-0.4, -0.2) is 4.98 Å². The maximum Gasteiger partial charge on any atom is 0.0463 e. The number of rotatable bonds is 1. The van der Waals surface area contributed by atoms with Crippen molar-refractivity contribution >= 4 is 10.8 Å². The monoisotopic (exact) mass is 227 g/mol. The summed E-state index contributed by atoms with van der Waals surface area (Å²) >= 11 is 0. The number of nitrogens with zero attached hydrogens (tertiary/aromatic N) is 1. The lowest BCUT2D eigenvalue weighted by atomic mass is 9.90. The van der Waals surface area contributed by atoms with Crippen LogP contribution in [0.1, 0.15) is 51.8 Å². The molecular weight excluding hydrogens is 206 g/mol. The second-order valence-electron chi connectivity index (χ2n) is 6.08. The molecule has 0 N–H and O–H groups in total. The quantitative estimate of drug-likeness (QED) is 0.690. The van der Waals surface area contributed by atoms with E-state index in [0.717, 1.165) is 5.69 Å². The van der Waals surface area contributed by atoms with Gasteiger partial charge >= 0.3 is 0 Å². The van der Waals surface area contributed by atoms with Gasteiger partial charge in [-0.1, -0.05) is 52.8 Å². The minimum absolute atomic E-state index is 0.113. The van der Waals surface area contributed by atoms with E-state index in [0.29, 0.717) is 5.92 Å². The Morgan fingerprint density at radius 1 is 1.00 bits per heavy atom. The summed E-state index contributed by atoms with van der Waals surface area (Å²) in [6.45, 7) is 11.1. The van der Waals surface area contributed by atoms with Gasteiger partial charge in [-0.2, -0.15) is 0 Å². The summed E-state index contributed by atoms with van der Waals surface area (Å²) in [5.74, 6) is 0.575. The van der Waals surface area contributed by atoms with Gasteiger partial charge in [-0.3, -0.25) is 4.98 Å². The third-order valence-corrected chi connectivity index (χ3v) is 3.18. The molecule has 0 aliphatic rings. The van der Waals surface area contributed by atoms with Crippen LogP contribution in [0.2, 0.25) is 0 Å². The molecule has 0 atom stereocenters. The number of hydrogen-bond donors (Lipinski definition) is 0. The van der Waals surface area contributed by atoms with Crippen molar-refractivity contribution in [1.82, 2.24) is 4.98 Å². The zero-order valence-electron chi connectivity index (χ0n) is 11.4. The van der Waals surface area contributed by atoms with Crippen LogP contribution >= 0.6 is 0 Å². The summed E-state index contributed by atoms with van der Waals surface area (Å²) in [4.78, 5) is 4.55. The van der Waals surface area contributed by atoms with E-state index >= 15 is 0 Å². The van der Waals surface area contributed by atoms with Gasteiger partial charge in [0.2, 0.25) is 0 Å². The molecule has 0 saturated heterocycles. The number of hydrogen-bond acceptors (Lipinski definition) is 1. The molecule has 2 rings (SSSR count). The summed E-state index contributed by atoms with van der Waals surface area (Å²) in [6, 6.07) is 8.88. The van der Waals surface area contributed by atoms with Gasteiger partial charge in [0.15, 0.2) is 0 Å². The summed E-state index contributed by atoms with van der Waals surface area (Å²) in [7, 11) is 0. The van der Waals surface area contributed by atoms with Gasteiger partial charge in [0, 0.05) is 22.7 Å². The topological polar surface area (TPSA) is 12.9 Å². The maximum atomic E-state index is 4.55. The minimum atomic E-state index is 0.113. The molecule has 1 aromatic heterocycles. The molecule has 0 aliphatic heterocycles. The van der Waals surface area contributed by atoms with Crippen LogP contribution in [0, 0.1) is 0 Å². The second-order valence-corrected chi connectivity index (χ2v) is 6.08. The molecule has 1 aromatic carbocycles. The van der Waals surface area contributed by atoms with Crippen LogP contribution in [-0.2, 0) is 5.41 Å². The van der Waals surface area contributed by atoms with E-state index in [-0.39, 0.29) is 5.41 Å². The fourth-order valence-corrected chi connectivity index (χ4v) is 1.93. The molecule has 0 spiro atoms. The average molecular weight is 227 g/mol. The Morgan fingerprint density at radius 3 is 2.29 bits per heavy atom. The van der Waals surface area contributed by atoms with E-state index in [9.17, 15) is 0 Å². The first-order valence-electron chi connectivity index (χ1n) is 6.28. The third kappa shape index (κ3) is 2.49. The van der Waals surface area contributed by atoms with Crippen LogP contribution in [0.4, 0.5) is 0 Å². The van der Waals surface area contributed by atoms with E-state index in [2.05, 4.69) is 63.9 Å². The molecule has 0 radical (unpaired) electrons. The minimum Gasteiger partial charge on any atom is -0.260 e. The van der Waals surface area contributed by atoms with Crippen molar-refractivity contribution in [2.24, 2.45) is 0 Å². The summed E-state index contributed by atoms with van der Waals surface area (Å²) in [5, 5.41) is 2.53. The normalized spacial score (nSPS) is 12.4. The van der Waals surface area contributed by atoms with Crippen LogP contribution in [0.15, 0.2) is 30.5 Å². The first-order chi connectivity index (χ1) is 7.88. The van der Waals surface area contributed by atoms with E-state index in [1.807, 2.05) is 6.20 Å². The average Bonchev–Trinajstić information content (AvgIpc) is 2.26. The first kappa shape index (κ1) is 12.1. The highest BCUT2D eigenvalue weighted by Gasteiger charge is 2.15. The molecule has 1 heteroatoms. The van der Waals surface area contributed by atoms with Crippen LogP contribution in [0.5, 0.6) is 0 Å². The largest absolute Gasteiger partial charge is 0.260 e. The Bertz CT molecular complexity index is 533. The number of benzene rings is 1. The number of aromatic nitrogens is 1. The first-order valence-corrected chi connectivity index (χ1v) is 6.28. The van der Waals surface area contributed by atoms with E-state index in [1.165, 1.54) is 16.3 Å². The molecule has 2 aromatic rings. The molecule has 17 heavy (non-hydrogen) atoms. The van der Waals surface area contributed by atoms with E-state index < -0.39 is 0 Å². The highest BCUT2D eigenvalue weighted by atomic mass is 14.7. The van der Waals surface area contributed by atoms with Gasteiger partial charge in [-0.05, 0) is 22.9 Å². The summed E-state index contributed by atoms with van der Waals surface area (Å²) in [6.07, 6.45) is 1.99. The zero-order chi connectivity index (χ0) is 12.6. The van der Waals surface area contributed by atoms with Crippen LogP contribution in [0.3, 0.4) is 0 Å². The highest BCUT2D eigenvalue weighted by molar-refractivity contribution is 5.83. The smallest absolute Gasteiger partial charge is 0.0463 e. The molecule has 90 valence electrons. The SMILES string of the molecule is CC(C)c1ccc2cnc(C(C)(C)C)cc2c1.